The Morgan fingerprint density at radius 1 is 1.32 bits per heavy atom. The zero-order valence-corrected chi connectivity index (χ0v) is 12.9. The Bertz CT molecular complexity index is 822. The number of sulfone groups is 1. The predicted molar refractivity (Wildman–Crippen MR) is 81.7 cm³/mol. The second-order valence-electron chi connectivity index (χ2n) is 5.59. The molecule has 1 aliphatic heterocycles. The molecule has 2 aromatic rings. The SMILES string of the molecule is Cc1ccc(-c2cc(C(=O)O)nn2[C@@H]2CCS(=O)(=O)C2)cc1. The second kappa shape index (κ2) is 5.24. The van der Waals surface area contributed by atoms with Crippen LogP contribution in [0.25, 0.3) is 11.3 Å². The van der Waals surface area contributed by atoms with Gasteiger partial charge in [0.05, 0.1) is 23.2 Å². The molecule has 7 heteroatoms. The number of aromatic nitrogens is 2. The molecule has 0 aliphatic carbocycles. The van der Waals surface area contributed by atoms with Gasteiger partial charge in [0.1, 0.15) is 0 Å². The number of nitrogens with zero attached hydrogens (tertiary/aromatic N) is 2. The summed E-state index contributed by atoms with van der Waals surface area (Å²) in [6.45, 7) is 1.97. The van der Waals surface area contributed by atoms with Crippen LogP contribution in [-0.4, -0.2) is 40.8 Å². The molecular formula is C15H16N2O4S. The van der Waals surface area contributed by atoms with E-state index in [2.05, 4.69) is 5.10 Å². The Morgan fingerprint density at radius 2 is 2.00 bits per heavy atom. The zero-order chi connectivity index (χ0) is 15.9. The Kier molecular flexibility index (Phi) is 3.52. The lowest BCUT2D eigenvalue weighted by molar-refractivity contribution is 0.0689. The first kappa shape index (κ1) is 14.8. The van der Waals surface area contributed by atoms with Crippen molar-refractivity contribution in [2.75, 3.05) is 11.5 Å². The highest BCUT2D eigenvalue weighted by Gasteiger charge is 2.32. The summed E-state index contributed by atoms with van der Waals surface area (Å²) in [6, 6.07) is 8.82. The largest absolute Gasteiger partial charge is 0.476 e. The molecule has 0 spiro atoms. The maximum atomic E-state index is 11.7. The van der Waals surface area contributed by atoms with Gasteiger partial charge in [0.25, 0.3) is 0 Å². The molecule has 1 aromatic heterocycles. The Labute approximate surface area is 128 Å². The fraction of sp³-hybridized carbons (Fsp3) is 0.333. The molecule has 6 nitrogen and oxygen atoms in total. The third kappa shape index (κ3) is 2.76. The van der Waals surface area contributed by atoms with E-state index in [1.54, 1.807) is 4.68 Å². The molecule has 0 bridgehead atoms. The summed E-state index contributed by atoms with van der Waals surface area (Å²) < 4.78 is 24.9. The second-order valence-corrected chi connectivity index (χ2v) is 7.82. The van der Waals surface area contributed by atoms with Gasteiger partial charge in [0, 0.05) is 0 Å². The lowest BCUT2D eigenvalue weighted by Crippen LogP contribution is -2.14. The molecule has 116 valence electrons. The minimum Gasteiger partial charge on any atom is -0.476 e. The van der Waals surface area contributed by atoms with Crippen LogP contribution in [0.3, 0.4) is 0 Å². The van der Waals surface area contributed by atoms with Gasteiger partial charge in [-0.05, 0) is 25.0 Å². The van der Waals surface area contributed by atoms with Crippen molar-refractivity contribution in [1.82, 2.24) is 9.78 Å². The molecule has 0 radical (unpaired) electrons. The summed E-state index contributed by atoms with van der Waals surface area (Å²) >= 11 is 0. The molecule has 1 atom stereocenters. The summed E-state index contributed by atoms with van der Waals surface area (Å²) in [4.78, 5) is 11.2. The minimum atomic E-state index is -3.07. The number of carboxylic acids is 1. The number of aryl methyl sites for hydroxylation is 1. The van der Waals surface area contributed by atoms with Gasteiger partial charge in [-0.1, -0.05) is 29.8 Å². The number of carboxylic acid groups (broad SMARTS) is 1. The molecule has 0 amide bonds. The Hall–Kier alpha value is -2.15. The van der Waals surface area contributed by atoms with Crippen molar-refractivity contribution in [3.05, 3.63) is 41.6 Å². The fourth-order valence-electron chi connectivity index (χ4n) is 2.69. The highest BCUT2D eigenvalue weighted by molar-refractivity contribution is 7.91. The standard InChI is InChI=1S/C15H16N2O4S/c1-10-2-4-11(5-3-10)14-8-13(15(18)19)16-17(14)12-6-7-22(20,21)9-12/h2-5,8,12H,6-7,9H2,1H3,(H,18,19)/t12-/m1/s1. The average molecular weight is 320 g/mol. The summed E-state index contributed by atoms with van der Waals surface area (Å²) in [7, 11) is -3.07. The van der Waals surface area contributed by atoms with Crippen molar-refractivity contribution >= 4 is 15.8 Å². The number of hydrogen-bond donors (Lipinski definition) is 1. The van der Waals surface area contributed by atoms with Crippen molar-refractivity contribution in [2.45, 2.75) is 19.4 Å². The van der Waals surface area contributed by atoms with Gasteiger partial charge in [0.15, 0.2) is 15.5 Å². The maximum Gasteiger partial charge on any atom is 0.356 e. The number of rotatable bonds is 3. The van der Waals surface area contributed by atoms with Crippen LogP contribution in [0.1, 0.15) is 28.5 Å². The molecule has 3 rings (SSSR count). The van der Waals surface area contributed by atoms with Gasteiger partial charge in [-0.2, -0.15) is 5.10 Å². The van der Waals surface area contributed by atoms with Gasteiger partial charge in [-0.3, -0.25) is 4.68 Å². The molecule has 2 heterocycles. The molecule has 1 aromatic carbocycles. The monoisotopic (exact) mass is 320 g/mol. The lowest BCUT2D eigenvalue weighted by atomic mass is 10.1. The molecule has 1 fully saturated rings. The molecule has 22 heavy (non-hydrogen) atoms. The normalized spacial score (nSPS) is 20.1. The summed E-state index contributed by atoms with van der Waals surface area (Å²) in [5.41, 5.74) is 2.49. The van der Waals surface area contributed by atoms with E-state index in [4.69, 9.17) is 5.11 Å². The third-order valence-corrected chi connectivity index (χ3v) is 5.61. The van der Waals surface area contributed by atoms with Crippen LogP contribution in [0.5, 0.6) is 0 Å². The average Bonchev–Trinajstić information content (AvgIpc) is 3.03. The third-order valence-electron chi connectivity index (χ3n) is 3.86. The van der Waals surface area contributed by atoms with Crippen LogP contribution in [-0.2, 0) is 9.84 Å². The van der Waals surface area contributed by atoms with Gasteiger partial charge < -0.3 is 5.11 Å². The Balaban J connectivity index is 2.08. The summed E-state index contributed by atoms with van der Waals surface area (Å²) in [5, 5.41) is 13.3. The van der Waals surface area contributed by atoms with Crippen LogP contribution >= 0.6 is 0 Å². The van der Waals surface area contributed by atoms with Crippen LogP contribution in [0.15, 0.2) is 30.3 Å². The van der Waals surface area contributed by atoms with Gasteiger partial charge in [0.2, 0.25) is 0 Å². The molecule has 1 N–H and O–H groups in total. The van der Waals surface area contributed by atoms with Crippen molar-refractivity contribution in [3.8, 4) is 11.3 Å². The van der Waals surface area contributed by atoms with Crippen LogP contribution < -0.4 is 0 Å². The van der Waals surface area contributed by atoms with E-state index in [-0.39, 0.29) is 23.2 Å². The minimum absolute atomic E-state index is 0.00655. The van der Waals surface area contributed by atoms with Gasteiger partial charge in [-0.15, -0.1) is 0 Å². The van der Waals surface area contributed by atoms with E-state index in [1.807, 2.05) is 31.2 Å². The van der Waals surface area contributed by atoms with Crippen molar-refractivity contribution in [3.63, 3.8) is 0 Å². The van der Waals surface area contributed by atoms with Crippen LogP contribution in [0.4, 0.5) is 0 Å². The number of carbonyl (C=O) groups is 1. The van der Waals surface area contributed by atoms with E-state index >= 15 is 0 Å². The highest BCUT2D eigenvalue weighted by atomic mass is 32.2. The highest BCUT2D eigenvalue weighted by Crippen LogP contribution is 2.30. The van der Waals surface area contributed by atoms with Crippen molar-refractivity contribution < 1.29 is 18.3 Å². The lowest BCUT2D eigenvalue weighted by Gasteiger charge is -2.13. The summed E-state index contributed by atoms with van der Waals surface area (Å²) in [5.74, 6) is -0.993. The van der Waals surface area contributed by atoms with E-state index in [9.17, 15) is 13.2 Å². The fourth-order valence-corrected chi connectivity index (χ4v) is 4.38. The van der Waals surface area contributed by atoms with Crippen molar-refractivity contribution in [2.24, 2.45) is 0 Å². The van der Waals surface area contributed by atoms with Crippen LogP contribution in [0, 0.1) is 6.92 Å². The first-order chi connectivity index (χ1) is 10.4. The first-order valence-electron chi connectivity index (χ1n) is 6.96. The number of hydrogen-bond acceptors (Lipinski definition) is 4. The zero-order valence-electron chi connectivity index (χ0n) is 12.1. The summed E-state index contributed by atoms with van der Waals surface area (Å²) in [6.07, 6.45) is 0.460. The smallest absolute Gasteiger partial charge is 0.356 e. The van der Waals surface area contributed by atoms with Gasteiger partial charge >= 0.3 is 5.97 Å². The molecular weight excluding hydrogens is 304 g/mol. The topological polar surface area (TPSA) is 89.3 Å². The molecule has 0 saturated carbocycles. The van der Waals surface area contributed by atoms with Gasteiger partial charge in [-0.25, -0.2) is 13.2 Å². The molecule has 0 unspecified atom stereocenters. The van der Waals surface area contributed by atoms with Crippen molar-refractivity contribution in [1.29, 1.82) is 0 Å². The first-order valence-corrected chi connectivity index (χ1v) is 8.78. The molecule has 1 aliphatic rings. The Morgan fingerprint density at radius 3 is 2.55 bits per heavy atom. The maximum absolute atomic E-state index is 11.7. The molecule has 1 saturated heterocycles. The predicted octanol–water partition coefficient (Wildman–Crippen LogP) is 1.92. The van der Waals surface area contributed by atoms with E-state index < -0.39 is 15.8 Å². The van der Waals surface area contributed by atoms with E-state index in [0.717, 1.165) is 11.1 Å². The quantitative estimate of drug-likeness (QED) is 0.933. The van der Waals surface area contributed by atoms with Crippen LogP contribution in [0.2, 0.25) is 0 Å². The number of benzene rings is 1. The number of aromatic carboxylic acids is 1. The van der Waals surface area contributed by atoms with E-state index in [0.29, 0.717) is 12.1 Å². The van der Waals surface area contributed by atoms with E-state index in [1.165, 1.54) is 6.07 Å².